The molecule has 1 aromatic rings. The molecular formula is C15H22N2. The van der Waals surface area contributed by atoms with Gasteiger partial charge in [0.15, 0.2) is 0 Å². The molecule has 0 bridgehead atoms. The fourth-order valence-electron chi connectivity index (χ4n) is 1.72. The molecule has 2 heteroatoms. The lowest BCUT2D eigenvalue weighted by Crippen LogP contribution is -2.38. The summed E-state index contributed by atoms with van der Waals surface area (Å²) in [5, 5.41) is 12.1. The van der Waals surface area contributed by atoms with Crippen LogP contribution in [0.5, 0.6) is 0 Å². The maximum atomic E-state index is 8.87. The molecule has 0 saturated heterocycles. The molecule has 0 aliphatic heterocycles. The molecule has 0 aromatic heterocycles. The van der Waals surface area contributed by atoms with Gasteiger partial charge in [-0.05, 0) is 37.8 Å². The van der Waals surface area contributed by atoms with Gasteiger partial charge in [-0.2, -0.15) is 5.26 Å². The maximum absolute atomic E-state index is 8.87. The van der Waals surface area contributed by atoms with Crippen LogP contribution in [0.1, 0.15) is 38.3 Å². The third kappa shape index (κ3) is 5.01. The summed E-state index contributed by atoms with van der Waals surface area (Å²) in [7, 11) is 0. The molecule has 0 amide bonds. The van der Waals surface area contributed by atoms with Gasteiger partial charge in [0.2, 0.25) is 0 Å². The van der Waals surface area contributed by atoms with Gasteiger partial charge in [-0.15, -0.1) is 0 Å². The smallest absolute Gasteiger partial charge is 0.101 e. The lowest BCUT2D eigenvalue weighted by Gasteiger charge is -2.17. The molecule has 1 rings (SSSR count). The number of aryl methyl sites for hydroxylation is 1. The lowest BCUT2D eigenvalue weighted by atomic mass is 10.0. The summed E-state index contributed by atoms with van der Waals surface area (Å²) < 4.78 is 0. The highest BCUT2D eigenvalue weighted by Crippen LogP contribution is 2.07. The van der Waals surface area contributed by atoms with Crippen molar-refractivity contribution >= 4 is 0 Å². The van der Waals surface area contributed by atoms with Gasteiger partial charge in [-0.1, -0.05) is 37.6 Å². The average molecular weight is 230 g/mol. The normalized spacial score (nSPS) is 11.2. The van der Waals surface area contributed by atoms with E-state index in [-0.39, 0.29) is 0 Å². The summed E-state index contributed by atoms with van der Waals surface area (Å²) in [6.07, 6.45) is 3.31. The molecule has 92 valence electrons. The molecule has 2 nitrogen and oxygen atoms in total. The first-order valence-electron chi connectivity index (χ1n) is 6.31. The summed E-state index contributed by atoms with van der Waals surface area (Å²) in [6, 6.07) is 11.0. The molecule has 0 spiro atoms. The van der Waals surface area contributed by atoms with Gasteiger partial charge in [0.1, 0.15) is 5.54 Å². The Balaban J connectivity index is 2.40. The van der Waals surface area contributed by atoms with Crippen molar-refractivity contribution < 1.29 is 0 Å². The Kier molecular flexibility index (Phi) is 5.18. The molecule has 0 fully saturated rings. The molecular weight excluding hydrogens is 208 g/mol. The number of rotatable bonds is 6. The van der Waals surface area contributed by atoms with E-state index < -0.39 is 5.54 Å². The van der Waals surface area contributed by atoms with Gasteiger partial charge in [-0.25, -0.2) is 0 Å². The minimum Gasteiger partial charge on any atom is -0.300 e. The molecule has 17 heavy (non-hydrogen) atoms. The van der Waals surface area contributed by atoms with Crippen molar-refractivity contribution in [1.29, 1.82) is 5.26 Å². The van der Waals surface area contributed by atoms with Crippen molar-refractivity contribution in [3.63, 3.8) is 0 Å². The Morgan fingerprint density at radius 3 is 2.12 bits per heavy atom. The highest BCUT2D eigenvalue weighted by atomic mass is 14.9. The van der Waals surface area contributed by atoms with E-state index in [9.17, 15) is 0 Å². The van der Waals surface area contributed by atoms with E-state index in [0.29, 0.717) is 0 Å². The topological polar surface area (TPSA) is 35.8 Å². The Morgan fingerprint density at radius 2 is 1.65 bits per heavy atom. The summed E-state index contributed by atoms with van der Waals surface area (Å²) in [5.41, 5.74) is 2.30. The quantitative estimate of drug-likeness (QED) is 0.815. The van der Waals surface area contributed by atoms with Crippen molar-refractivity contribution in [1.82, 2.24) is 5.32 Å². The monoisotopic (exact) mass is 230 g/mol. The zero-order valence-electron chi connectivity index (χ0n) is 11.1. The van der Waals surface area contributed by atoms with Crippen LogP contribution in [-0.2, 0) is 12.8 Å². The van der Waals surface area contributed by atoms with Crippen LogP contribution in [0.25, 0.3) is 0 Å². The fraction of sp³-hybridized carbons (Fsp3) is 0.533. The Bertz CT molecular complexity index is 371. The molecule has 0 aliphatic rings. The van der Waals surface area contributed by atoms with E-state index in [4.69, 9.17) is 5.26 Å². The molecule has 0 radical (unpaired) electrons. The first kappa shape index (κ1) is 13.7. The SMILES string of the molecule is CCCc1ccc(CCNC(C)(C)C#N)cc1. The second kappa shape index (κ2) is 6.42. The number of nitrogens with one attached hydrogen (secondary N) is 1. The minimum absolute atomic E-state index is 0.428. The van der Waals surface area contributed by atoms with Crippen molar-refractivity contribution in [3.05, 3.63) is 35.4 Å². The second-order valence-corrected chi connectivity index (χ2v) is 4.98. The number of nitriles is 1. The third-order valence-electron chi connectivity index (χ3n) is 2.82. The first-order valence-corrected chi connectivity index (χ1v) is 6.31. The standard InChI is InChI=1S/C15H22N2/c1-4-5-13-6-8-14(9-7-13)10-11-17-15(2,3)12-16/h6-9,17H,4-5,10-11H2,1-3H3. The highest BCUT2D eigenvalue weighted by Gasteiger charge is 2.14. The lowest BCUT2D eigenvalue weighted by molar-refractivity contribution is 0.490. The van der Waals surface area contributed by atoms with E-state index >= 15 is 0 Å². The number of nitrogens with zero attached hydrogens (tertiary/aromatic N) is 1. The summed E-state index contributed by atoms with van der Waals surface area (Å²) >= 11 is 0. The average Bonchev–Trinajstić information content (AvgIpc) is 2.32. The van der Waals surface area contributed by atoms with Gasteiger partial charge in [0, 0.05) is 6.54 Å². The number of hydrogen-bond acceptors (Lipinski definition) is 2. The van der Waals surface area contributed by atoms with E-state index in [1.54, 1.807) is 0 Å². The summed E-state index contributed by atoms with van der Waals surface area (Å²) in [5.74, 6) is 0. The molecule has 0 atom stereocenters. The van der Waals surface area contributed by atoms with E-state index in [2.05, 4.69) is 42.6 Å². The van der Waals surface area contributed by atoms with Crippen molar-refractivity contribution in [2.24, 2.45) is 0 Å². The predicted octanol–water partition coefficient (Wildman–Crippen LogP) is 3.07. The van der Waals surface area contributed by atoms with Crippen LogP contribution in [0.3, 0.4) is 0 Å². The Morgan fingerprint density at radius 1 is 1.12 bits per heavy atom. The third-order valence-corrected chi connectivity index (χ3v) is 2.82. The molecule has 0 unspecified atom stereocenters. The van der Waals surface area contributed by atoms with Crippen LogP contribution < -0.4 is 5.32 Å². The Hall–Kier alpha value is -1.33. The van der Waals surface area contributed by atoms with Crippen LogP contribution in [0.2, 0.25) is 0 Å². The van der Waals surface area contributed by atoms with Crippen molar-refractivity contribution in [3.8, 4) is 6.07 Å². The van der Waals surface area contributed by atoms with Gasteiger partial charge in [0.25, 0.3) is 0 Å². The van der Waals surface area contributed by atoms with Crippen LogP contribution in [0, 0.1) is 11.3 Å². The zero-order valence-corrected chi connectivity index (χ0v) is 11.1. The van der Waals surface area contributed by atoms with E-state index in [1.165, 1.54) is 17.5 Å². The first-order chi connectivity index (χ1) is 8.07. The van der Waals surface area contributed by atoms with Crippen LogP contribution in [0.15, 0.2) is 24.3 Å². The van der Waals surface area contributed by atoms with Crippen LogP contribution >= 0.6 is 0 Å². The highest BCUT2D eigenvalue weighted by molar-refractivity contribution is 5.23. The van der Waals surface area contributed by atoms with E-state index in [1.807, 2.05) is 13.8 Å². The summed E-state index contributed by atoms with van der Waals surface area (Å²) in [6.45, 7) is 6.84. The summed E-state index contributed by atoms with van der Waals surface area (Å²) in [4.78, 5) is 0. The van der Waals surface area contributed by atoms with Crippen LogP contribution in [-0.4, -0.2) is 12.1 Å². The molecule has 1 N–H and O–H groups in total. The molecule has 0 aliphatic carbocycles. The largest absolute Gasteiger partial charge is 0.300 e. The van der Waals surface area contributed by atoms with E-state index in [0.717, 1.165) is 19.4 Å². The number of hydrogen-bond donors (Lipinski definition) is 1. The van der Waals surface area contributed by atoms with Crippen molar-refractivity contribution in [2.75, 3.05) is 6.54 Å². The zero-order chi connectivity index (χ0) is 12.7. The fourth-order valence-corrected chi connectivity index (χ4v) is 1.72. The second-order valence-electron chi connectivity index (χ2n) is 4.98. The maximum Gasteiger partial charge on any atom is 0.101 e. The molecule has 0 heterocycles. The Labute approximate surface area is 105 Å². The van der Waals surface area contributed by atoms with Gasteiger partial charge in [-0.3, -0.25) is 5.32 Å². The molecule has 1 aromatic carbocycles. The van der Waals surface area contributed by atoms with Crippen LogP contribution in [0.4, 0.5) is 0 Å². The predicted molar refractivity (Wildman–Crippen MR) is 71.8 cm³/mol. The minimum atomic E-state index is -0.428. The molecule has 0 saturated carbocycles. The van der Waals surface area contributed by atoms with Gasteiger partial charge >= 0.3 is 0 Å². The number of benzene rings is 1. The van der Waals surface area contributed by atoms with Gasteiger partial charge < -0.3 is 0 Å². The van der Waals surface area contributed by atoms with Crippen molar-refractivity contribution in [2.45, 2.75) is 45.6 Å². The van der Waals surface area contributed by atoms with Gasteiger partial charge in [0.05, 0.1) is 6.07 Å².